The lowest BCUT2D eigenvalue weighted by Crippen LogP contribution is -2.13. The van der Waals surface area contributed by atoms with Crippen LogP contribution in [0.15, 0.2) is 16.8 Å². The van der Waals surface area contributed by atoms with Crippen LogP contribution < -0.4 is 11.6 Å². The first-order valence-corrected chi connectivity index (χ1v) is 4.22. The van der Waals surface area contributed by atoms with E-state index in [9.17, 15) is 0 Å². The largest absolute Gasteiger partial charge is 0.366 e. The molecule has 0 aliphatic heterocycles. The number of nitrogens with two attached hydrogens (primary N) is 2. The Morgan fingerprint density at radius 3 is 2.75 bits per heavy atom. The summed E-state index contributed by atoms with van der Waals surface area (Å²) < 4.78 is 1.27. The molecule has 0 radical (unpaired) electrons. The molecule has 62 valence electrons. The van der Waals surface area contributed by atoms with Crippen molar-refractivity contribution in [2.24, 2.45) is 0 Å². The smallest absolute Gasteiger partial charge is 0.241 e. The summed E-state index contributed by atoms with van der Waals surface area (Å²) in [6.07, 6.45) is 0. The lowest BCUT2D eigenvalue weighted by Gasteiger charge is -1.96. The quantitative estimate of drug-likeness (QED) is 0.620. The Morgan fingerprint density at radius 2 is 2.25 bits per heavy atom. The summed E-state index contributed by atoms with van der Waals surface area (Å²) in [6.45, 7) is 0. The van der Waals surface area contributed by atoms with Crippen LogP contribution in [0.3, 0.4) is 0 Å². The van der Waals surface area contributed by atoms with Crippen LogP contribution in [-0.4, -0.2) is 14.9 Å². The van der Waals surface area contributed by atoms with Gasteiger partial charge in [-0.3, -0.25) is 0 Å². The highest BCUT2D eigenvalue weighted by atomic mass is 32.1. The molecule has 2 aromatic rings. The molecule has 2 heterocycles. The second kappa shape index (κ2) is 2.49. The lowest BCUT2D eigenvalue weighted by atomic mass is 10.3. The fourth-order valence-electron chi connectivity index (χ4n) is 0.892. The van der Waals surface area contributed by atoms with Crippen LogP contribution in [0.2, 0.25) is 0 Å². The highest BCUT2D eigenvalue weighted by Gasteiger charge is 2.08. The number of aromatic nitrogens is 3. The van der Waals surface area contributed by atoms with Crippen molar-refractivity contribution in [2.75, 3.05) is 11.6 Å². The maximum Gasteiger partial charge on any atom is 0.241 e. The summed E-state index contributed by atoms with van der Waals surface area (Å²) in [4.78, 5) is 0. The molecule has 2 rings (SSSR count). The third-order valence-corrected chi connectivity index (χ3v) is 2.18. The van der Waals surface area contributed by atoms with E-state index in [4.69, 9.17) is 11.6 Å². The standard InChI is InChI=1S/C6H7N5S/c7-6-10-9-5(11(6)8)4-1-2-12-3-4/h1-3H,8H2,(H2,7,10). The summed E-state index contributed by atoms with van der Waals surface area (Å²) in [5.41, 5.74) is 6.35. The van der Waals surface area contributed by atoms with Crippen LogP contribution in [0, 0.1) is 0 Å². The van der Waals surface area contributed by atoms with E-state index in [1.165, 1.54) is 4.68 Å². The molecular weight excluding hydrogens is 174 g/mol. The van der Waals surface area contributed by atoms with Crippen LogP contribution >= 0.6 is 11.3 Å². The molecular formula is C6H7N5S. The van der Waals surface area contributed by atoms with Crippen molar-refractivity contribution in [3.05, 3.63) is 16.8 Å². The molecule has 0 unspecified atom stereocenters. The molecule has 0 saturated carbocycles. The molecule has 0 fully saturated rings. The number of hydrogen-bond donors (Lipinski definition) is 2. The predicted molar refractivity (Wildman–Crippen MR) is 47.9 cm³/mol. The fraction of sp³-hybridized carbons (Fsp3) is 0. The molecule has 0 aromatic carbocycles. The van der Waals surface area contributed by atoms with E-state index in [0.717, 1.165) is 5.56 Å². The van der Waals surface area contributed by atoms with Crippen molar-refractivity contribution in [1.82, 2.24) is 14.9 Å². The van der Waals surface area contributed by atoms with E-state index in [1.54, 1.807) is 11.3 Å². The third kappa shape index (κ3) is 0.928. The molecule has 5 nitrogen and oxygen atoms in total. The Balaban J connectivity index is 2.55. The van der Waals surface area contributed by atoms with Crippen LogP contribution in [0.1, 0.15) is 0 Å². The maximum absolute atomic E-state index is 5.57. The van der Waals surface area contributed by atoms with Gasteiger partial charge in [0.25, 0.3) is 0 Å². The Hall–Kier alpha value is -1.56. The normalized spacial score (nSPS) is 10.3. The average Bonchev–Trinajstić information content (AvgIpc) is 2.64. The van der Waals surface area contributed by atoms with Crippen molar-refractivity contribution in [1.29, 1.82) is 0 Å². The number of anilines is 1. The highest BCUT2D eigenvalue weighted by Crippen LogP contribution is 2.19. The first-order valence-electron chi connectivity index (χ1n) is 3.27. The van der Waals surface area contributed by atoms with Crippen molar-refractivity contribution in [3.63, 3.8) is 0 Å². The van der Waals surface area contributed by atoms with Gasteiger partial charge in [0.1, 0.15) is 0 Å². The molecule has 2 aromatic heterocycles. The topological polar surface area (TPSA) is 82.8 Å². The van der Waals surface area contributed by atoms with Crippen molar-refractivity contribution in [2.45, 2.75) is 0 Å². The van der Waals surface area contributed by atoms with Crippen molar-refractivity contribution < 1.29 is 0 Å². The van der Waals surface area contributed by atoms with Gasteiger partial charge in [0.2, 0.25) is 5.95 Å². The Labute approximate surface area is 72.6 Å². The molecule has 12 heavy (non-hydrogen) atoms. The fourth-order valence-corrected chi connectivity index (χ4v) is 1.53. The van der Waals surface area contributed by atoms with E-state index in [0.29, 0.717) is 5.82 Å². The Morgan fingerprint density at radius 1 is 1.42 bits per heavy atom. The Kier molecular flexibility index (Phi) is 1.47. The molecule has 6 heteroatoms. The maximum atomic E-state index is 5.57. The number of rotatable bonds is 1. The summed E-state index contributed by atoms with van der Waals surface area (Å²) in [5, 5.41) is 11.4. The summed E-state index contributed by atoms with van der Waals surface area (Å²) in [7, 11) is 0. The Bertz CT molecular complexity index is 377. The first-order chi connectivity index (χ1) is 5.79. The number of nitrogen functional groups attached to an aromatic ring is 2. The molecule has 0 spiro atoms. The highest BCUT2D eigenvalue weighted by molar-refractivity contribution is 7.08. The summed E-state index contributed by atoms with van der Waals surface area (Å²) in [6, 6.07) is 1.91. The van der Waals surface area contributed by atoms with E-state index >= 15 is 0 Å². The SMILES string of the molecule is Nc1nnc(-c2ccsc2)n1N. The first kappa shape index (κ1) is 7.11. The third-order valence-electron chi connectivity index (χ3n) is 1.50. The van der Waals surface area contributed by atoms with E-state index in [2.05, 4.69) is 10.2 Å². The zero-order valence-corrected chi connectivity index (χ0v) is 6.95. The van der Waals surface area contributed by atoms with Crippen LogP contribution in [-0.2, 0) is 0 Å². The minimum Gasteiger partial charge on any atom is -0.366 e. The van der Waals surface area contributed by atoms with Gasteiger partial charge in [-0.1, -0.05) is 0 Å². The average molecular weight is 181 g/mol. The van der Waals surface area contributed by atoms with Gasteiger partial charge in [0.15, 0.2) is 5.82 Å². The second-order valence-electron chi connectivity index (χ2n) is 2.26. The van der Waals surface area contributed by atoms with Gasteiger partial charge in [0, 0.05) is 10.9 Å². The van der Waals surface area contributed by atoms with Crippen LogP contribution in [0.4, 0.5) is 5.95 Å². The lowest BCUT2D eigenvalue weighted by molar-refractivity contribution is 1.02. The van der Waals surface area contributed by atoms with E-state index in [1.807, 2.05) is 16.8 Å². The van der Waals surface area contributed by atoms with Crippen LogP contribution in [0.5, 0.6) is 0 Å². The van der Waals surface area contributed by atoms with Crippen molar-refractivity contribution in [3.8, 4) is 11.4 Å². The van der Waals surface area contributed by atoms with Gasteiger partial charge in [-0.15, -0.1) is 10.2 Å². The molecule has 4 N–H and O–H groups in total. The molecule has 0 aliphatic rings. The molecule has 0 saturated heterocycles. The number of hydrogen-bond acceptors (Lipinski definition) is 5. The van der Waals surface area contributed by atoms with Crippen molar-refractivity contribution >= 4 is 17.3 Å². The summed E-state index contributed by atoms with van der Waals surface area (Å²) >= 11 is 1.57. The molecule has 0 atom stereocenters. The monoisotopic (exact) mass is 181 g/mol. The van der Waals surface area contributed by atoms with Gasteiger partial charge >= 0.3 is 0 Å². The van der Waals surface area contributed by atoms with Gasteiger partial charge in [-0.25, -0.2) is 4.68 Å². The molecule has 0 bridgehead atoms. The minimum absolute atomic E-state index is 0.219. The van der Waals surface area contributed by atoms with Gasteiger partial charge in [-0.05, 0) is 11.4 Å². The molecule has 0 aliphatic carbocycles. The number of nitrogens with zero attached hydrogens (tertiary/aromatic N) is 3. The van der Waals surface area contributed by atoms with Crippen LogP contribution in [0.25, 0.3) is 11.4 Å². The second-order valence-corrected chi connectivity index (χ2v) is 3.04. The van der Waals surface area contributed by atoms with E-state index in [-0.39, 0.29) is 5.95 Å². The summed E-state index contributed by atoms with van der Waals surface area (Å²) in [5.74, 6) is 6.38. The zero-order chi connectivity index (χ0) is 8.55. The molecule has 0 amide bonds. The van der Waals surface area contributed by atoms with Gasteiger partial charge in [0.05, 0.1) is 0 Å². The minimum atomic E-state index is 0.219. The van der Waals surface area contributed by atoms with Gasteiger partial charge in [-0.2, -0.15) is 11.3 Å². The van der Waals surface area contributed by atoms with E-state index < -0.39 is 0 Å². The predicted octanol–water partition coefficient (Wildman–Crippen LogP) is 0.303. The zero-order valence-electron chi connectivity index (χ0n) is 6.14. The number of thiophene rings is 1. The van der Waals surface area contributed by atoms with Gasteiger partial charge < -0.3 is 11.6 Å².